The molecule has 1 aromatic carbocycles. The van der Waals surface area contributed by atoms with Gasteiger partial charge in [-0.25, -0.2) is 0 Å². The largest absolute Gasteiger partial charge is 0.496 e. The zero-order valence-electron chi connectivity index (χ0n) is 17.9. The van der Waals surface area contributed by atoms with Crippen molar-refractivity contribution in [1.82, 2.24) is 9.80 Å². The predicted octanol–water partition coefficient (Wildman–Crippen LogP) is 3.78. The zero-order valence-corrected chi connectivity index (χ0v) is 18.7. The molecule has 0 bridgehead atoms. The van der Waals surface area contributed by atoms with E-state index in [0.717, 1.165) is 31.9 Å². The van der Waals surface area contributed by atoms with Crippen molar-refractivity contribution in [3.05, 3.63) is 51.7 Å². The van der Waals surface area contributed by atoms with E-state index in [9.17, 15) is 4.79 Å². The van der Waals surface area contributed by atoms with E-state index in [1.54, 1.807) is 21.1 Å². The molecule has 1 amide bonds. The molecule has 3 rings (SSSR count). The van der Waals surface area contributed by atoms with Gasteiger partial charge in [-0.1, -0.05) is 18.2 Å². The molecule has 0 N–H and O–H groups in total. The van der Waals surface area contributed by atoms with Gasteiger partial charge in [0.15, 0.2) is 0 Å². The summed E-state index contributed by atoms with van der Waals surface area (Å²) in [4.78, 5) is 18.1. The average molecular weight is 417 g/mol. The van der Waals surface area contributed by atoms with Gasteiger partial charge in [0, 0.05) is 57.6 Å². The quantitative estimate of drug-likeness (QED) is 0.624. The average Bonchev–Trinajstić information content (AvgIpc) is 3.31. The van der Waals surface area contributed by atoms with E-state index in [4.69, 9.17) is 9.47 Å². The van der Waals surface area contributed by atoms with Crippen molar-refractivity contribution in [1.29, 1.82) is 0 Å². The van der Waals surface area contributed by atoms with Gasteiger partial charge in [0.2, 0.25) is 5.91 Å². The van der Waals surface area contributed by atoms with Gasteiger partial charge in [0.05, 0.1) is 13.7 Å². The lowest BCUT2D eigenvalue weighted by molar-refractivity contribution is -0.130. The fourth-order valence-electron chi connectivity index (χ4n) is 4.23. The highest BCUT2D eigenvalue weighted by Crippen LogP contribution is 2.38. The molecule has 0 radical (unpaired) electrons. The molecule has 2 atom stereocenters. The van der Waals surface area contributed by atoms with E-state index < -0.39 is 0 Å². The minimum absolute atomic E-state index is 0.105. The summed E-state index contributed by atoms with van der Waals surface area (Å²) in [5, 5.41) is 2.16. The second-order valence-electron chi connectivity index (χ2n) is 7.79. The van der Waals surface area contributed by atoms with Gasteiger partial charge in [-0.15, -0.1) is 11.3 Å². The lowest BCUT2D eigenvalue weighted by Crippen LogP contribution is -2.38. The number of nitrogens with zero attached hydrogens (tertiary/aromatic N) is 2. The maximum atomic E-state index is 12.2. The molecule has 2 aromatic rings. The highest BCUT2D eigenvalue weighted by atomic mass is 32.1. The molecule has 5 nitrogen and oxygen atoms in total. The smallest absolute Gasteiger partial charge is 0.219 e. The van der Waals surface area contributed by atoms with Crippen molar-refractivity contribution in [3.8, 4) is 5.75 Å². The summed E-state index contributed by atoms with van der Waals surface area (Å²) < 4.78 is 10.9. The maximum Gasteiger partial charge on any atom is 0.219 e. The number of aryl methyl sites for hydroxylation is 1. The van der Waals surface area contributed by atoms with Crippen molar-refractivity contribution in [3.63, 3.8) is 0 Å². The van der Waals surface area contributed by atoms with E-state index in [2.05, 4.69) is 35.4 Å². The molecule has 1 aromatic heterocycles. The number of hydrogen-bond acceptors (Lipinski definition) is 5. The first-order valence-corrected chi connectivity index (χ1v) is 11.0. The van der Waals surface area contributed by atoms with E-state index in [-0.39, 0.29) is 5.91 Å². The number of carbonyl (C=O) groups is 1. The van der Waals surface area contributed by atoms with Crippen LogP contribution in [0, 0.1) is 12.8 Å². The molecule has 1 aliphatic rings. The monoisotopic (exact) mass is 416 g/mol. The van der Waals surface area contributed by atoms with Crippen molar-refractivity contribution in [2.45, 2.75) is 26.3 Å². The molecule has 0 aliphatic carbocycles. The van der Waals surface area contributed by atoms with Crippen LogP contribution in [0.25, 0.3) is 0 Å². The maximum absolute atomic E-state index is 12.2. The molecule has 6 heteroatoms. The molecule has 0 spiro atoms. The number of likely N-dealkylation sites (tertiary alicyclic amines) is 1. The summed E-state index contributed by atoms with van der Waals surface area (Å²) >= 11 is 1.82. The number of benzene rings is 1. The second-order valence-corrected chi connectivity index (χ2v) is 8.79. The molecule has 2 heterocycles. The summed E-state index contributed by atoms with van der Waals surface area (Å²) in [5.74, 6) is 1.72. The summed E-state index contributed by atoms with van der Waals surface area (Å²) in [6.45, 7) is 8.66. The number of rotatable bonds is 9. The van der Waals surface area contributed by atoms with Crippen LogP contribution in [0.2, 0.25) is 0 Å². The fraction of sp³-hybridized carbons (Fsp3) is 0.522. The molecule has 0 saturated carbocycles. The Hall–Kier alpha value is -1.89. The number of methoxy groups -OCH3 is 2. The minimum atomic E-state index is 0.105. The minimum Gasteiger partial charge on any atom is -0.496 e. The van der Waals surface area contributed by atoms with E-state index in [1.165, 1.54) is 16.0 Å². The van der Waals surface area contributed by atoms with Gasteiger partial charge in [0.1, 0.15) is 5.75 Å². The van der Waals surface area contributed by atoms with Crippen LogP contribution >= 0.6 is 11.3 Å². The van der Waals surface area contributed by atoms with Gasteiger partial charge < -0.3 is 14.4 Å². The van der Waals surface area contributed by atoms with Crippen LogP contribution in [-0.4, -0.2) is 62.7 Å². The SMILES string of the molecule is COCCN(CC1CN(Cc2sccc2C)CC1c1ccccc1OC)C(C)=O. The molecular formula is C23H32N2O3S. The Morgan fingerprint density at radius 3 is 2.69 bits per heavy atom. The number of thiophene rings is 1. The Bertz CT molecular complexity index is 807. The normalized spacial score (nSPS) is 19.4. The van der Waals surface area contributed by atoms with Crippen LogP contribution in [0.5, 0.6) is 5.75 Å². The van der Waals surface area contributed by atoms with E-state index in [0.29, 0.717) is 25.0 Å². The van der Waals surface area contributed by atoms with Crippen molar-refractivity contribution in [2.24, 2.45) is 5.92 Å². The topological polar surface area (TPSA) is 42.0 Å². The molecule has 2 unspecified atom stereocenters. The number of amides is 1. The molecule has 1 aliphatic heterocycles. The number of ether oxygens (including phenoxy) is 2. The predicted molar refractivity (Wildman–Crippen MR) is 118 cm³/mol. The van der Waals surface area contributed by atoms with E-state index in [1.807, 2.05) is 28.4 Å². The summed E-state index contributed by atoms with van der Waals surface area (Å²) in [6.07, 6.45) is 0. The summed E-state index contributed by atoms with van der Waals surface area (Å²) in [7, 11) is 3.41. The van der Waals surface area contributed by atoms with Crippen molar-refractivity contribution >= 4 is 17.2 Å². The lowest BCUT2D eigenvalue weighted by atomic mass is 9.88. The molecule has 158 valence electrons. The van der Waals surface area contributed by atoms with E-state index >= 15 is 0 Å². The first kappa shape index (κ1) is 21.8. The Morgan fingerprint density at radius 1 is 1.24 bits per heavy atom. The zero-order chi connectivity index (χ0) is 20.8. The number of hydrogen-bond donors (Lipinski definition) is 0. The van der Waals surface area contributed by atoms with Gasteiger partial charge in [-0.05, 0) is 41.5 Å². The van der Waals surface area contributed by atoms with Gasteiger partial charge in [-0.2, -0.15) is 0 Å². The molecule has 1 saturated heterocycles. The van der Waals surface area contributed by atoms with Crippen molar-refractivity contribution in [2.75, 3.05) is 47.0 Å². The highest BCUT2D eigenvalue weighted by Gasteiger charge is 2.36. The van der Waals surface area contributed by atoms with Crippen LogP contribution < -0.4 is 4.74 Å². The molecule has 29 heavy (non-hydrogen) atoms. The summed E-state index contributed by atoms with van der Waals surface area (Å²) in [6, 6.07) is 10.5. The molecular weight excluding hydrogens is 384 g/mol. The first-order chi connectivity index (χ1) is 14.0. The standard InChI is InChI=1S/C23H32N2O3S/c1-17-9-12-29-23(17)16-24-13-19(14-25(18(2)26)10-11-27-3)21(15-24)20-7-5-6-8-22(20)28-4/h5-9,12,19,21H,10-11,13-16H2,1-4H3. The second kappa shape index (κ2) is 10.2. The van der Waals surface area contributed by atoms with Gasteiger partial charge >= 0.3 is 0 Å². The Labute approximate surface area is 178 Å². The Morgan fingerprint density at radius 2 is 2.03 bits per heavy atom. The van der Waals surface area contributed by atoms with Gasteiger partial charge in [-0.3, -0.25) is 9.69 Å². The van der Waals surface area contributed by atoms with Crippen LogP contribution in [0.4, 0.5) is 0 Å². The fourth-order valence-corrected chi connectivity index (χ4v) is 5.18. The highest BCUT2D eigenvalue weighted by molar-refractivity contribution is 7.10. The third-order valence-electron chi connectivity index (χ3n) is 5.86. The first-order valence-electron chi connectivity index (χ1n) is 10.2. The van der Waals surface area contributed by atoms with Crippen LogP contribution in [0.1, 0.15) is 28.8 Å². The number of carbonyl (C=O) groups excluding carboxylic acids is 1. The lowest BCUT2D eigenvalue weighted by Gasteiger charge is -2.28. The van der Waals surface area contributed by atoms with Gasteiger partial charge in [0.25, 0.3) is 0 Å². The number of para-hydroxylation sites is 1. The van der Waals surface area contributed by atoms with Crippen molar-refractivity contribution < 1.29 is 14.3 Å². The van der Waals surface area contributed by atoms with Crippen LogP contribution in [0.3, 0.4) is 0 Å². The Balaban J connectivity index is 1.82. The third kappa shape index (κ3) is 5.38. The van der Waals surface area contributed by atoms with Crippen LogP contribution in [-0.2, 0) is 16.1 Å². The summed E-state index contributed by atoms with van der Waals surface area (Å²) in [5.41, 5.74) is 2.60. The third-order valence-corrected chi connectivity index (χ3v) is 6.86. The van der Waals surface area contributed by atoms with Crippen LogP contribution in [0.15, 0.2) is 35.7 Å². The molecule has 1 fully saturated rings. The Kier molecular flexibility index (Phi) is 7.70.